The summed E-state index contributed by atoms with van der Waals surface area (Å²) in [5, 5.41) is 2.17. The zero-order valence-corrected chi connectivity index (χ0v) is 19.4. The van der Waals surface area contributed by atoms with Crippen LogP contribution in [-0.2, 0) is 0 Å². The summed E-state index contributed by atoms with van der Waals surface area (Å²) in [5.74, 6) is 2.43. The number of ether oxygens (including phenoxy) is 1. The van der Waals surface area contributed by atoms with Crippen LogP contribution in [0.5, 0.6) is 5.75 Å². The van der Waals surface area contributed by atoms with E-state index < -0.39 is 0 Å². The third-order valence-corrected chi connectivity index (χ3v) is 8.14. The third kappa shape index (κ3) is 5.87. The van der Waals surface area contributed by atoms with E-state index in [0.717, 1.165) is 5.75 Å². The molecule has 1 unspecified atom stereocenters. The van der Waals surface area contributed by atoms with Gasteiger partial charge >= 0.3 is 0 Å². The van der Waals surface area contributed by atoms with Gasteiger partial charge in [-0.2, -0.15) is 0 Å². The molecule has 2 aliphatic rings. The molecular formula is C26H38N2OS. The van der Waals surface area contributed by atoms with E-state index in [-0.39, 0.29) is 0 Å². The highest BCUT2D eigenvalue weighted by Crippen LogP contribution is 2.38. The lowest BCUT2D eigenvalue weighted by Crippen LogP contribution is -2.36. The van der Waals surface area contributed by atoms with Crippen LogP contribution in [0.15, 0.2) is 41.8 Å². The van der Waals surface area contributed by atoms with E-state index in [9.17, 15) is 0 Å². The highest BCUT2D eigenvalue weighted by molar-refractivity contribution is 7.10. The van der Waals surface area contributed by atoms with Crippen molar-refractivity contribution in [1.29, 1.82) is 0 Å². The molecule has 30 heavy (non-hydrogen) atoms. The Hall–Kier alpha value is -1.36. The van der Waals surface area contributed by atoms with Crippen LogP contribution in [0, 0.1) is 0 Å². The van der Waals surface area contributed by atoms with Crippen molar-refractivity contribution in [2.24, 2.45) is 0 Å². The van der Waals surface area contributed by atoms with E-state index in [1.807, 2.05) is 11.3 Å². The minimum Gasteiger partial charge on any atom is -0.496 e. The van der Waals surface area contributed by atoms with Gasteiger partial charge < -0.3 is 14.5 Å². The summed E-state index contributed by atoms with van der Waals surface area (Å²) >= 11 is 1.87. The van der Waals surface area contributed by atoms with Crippen LogP contribution in [0.1, 0.15) is 67.2 Å². The summed E-state index contributed by atoms with van der Waals surface area (Å²) in [4.78, 5) is 6.90. The molecule has 164 valence electrons. The van der Waals surface area contributed by atoms with Crippen molar-refractivity contribution in [2.75, 3.05) is 46.4 Å². The summed E-state index contributed by atoms with van der Waals surface area (Å²) in [6, 6.07) is 13.4. The number of thiophene rings is 1. The minimum absolute atomic E-state index is 0.652. The van der Waals surface area contributed by atoms with Gasteiger partial charge in [-0.1, -0.05) is 43.2 Å². The van der Waals surface area contributed by atoms with Gasteiger partial charge in [-0.3, -0.25) is 0 Å². The molecule has 4 rings (SSSR count). The van der Waals surface area contributed by atoms with Crippen molar-refractivity contribution in [3.05, 3.63) is 52.2 Å². The standard InChI is InChI=1S/C26H38N2OS/c1-29-25-14-20-30-26(25)23-11-17-27(18-12-23)19-13-24(22-9-5-4-6-10-22)21-28-15-7-2-3-8-16-28/h4-6,9-10,14,20,23-24H,2-3,7-8,11-13,15-19,21H2,1H3. The summed E-state index contributed by atoms with van der Waals surface area (Å²) < 4.78 is 5.57. The number of nitrogens with zero attached hydrogens (tertiary/aromatic N) is 2. The molecule has 0 radical (unpaired) electrons. The Kier molecular flexibility index (Phi) is 8.24. The summed E-state index contributed by atoms with van der Waals surface area (Å²) in [5.41, 5.74) is 1.53. The lowest BCUT2D eigenvalue weighted by molar-refractivity contribution is 0.194. The Morgan fingerprint density at radius 2 is 1.67 bits per heavy atom. The first-order chi connectivity index (χ1) is 14.8. The van der Waals surface area contributed by atoms with Crippen LogP contribution < -0.4 is 4.74 Å². The SMILES string of the molecule is COc1ccsc1C1CCN(CCC(CN2CCCCCC2)c2ccccc2)CC1. The smallest absolute Gasteiger partial charge is 0.133 e. The van der Waals surface area contributed by atoms with Crippen LogP contribution in [0.25, 0.3) is 0 Å². The first-order valence-electron chi connectivity index (χ1n) is 11.9. The van der Waals surface area contributed by atoms with E-state index in [2.05, 4.69) is 51.6 Å². The Bertz CT molecular complexity index is 731. The van der Waals surface area contributed by atoms with E-state index in [1.165, 1.54) is 94.7 Å². The molecule has 1 atom stereocenters. The molecule has 0 spiro atoms. The summed E-state index contributed by atoms with van der Waals surface area (Å²) in [7, 11) is 1.80. The second-order valence-electron chi connectivity index (χ2n) is 9.08. The molecule has 0 N–H and O–H groups in total. The second kappa shape index (κ2) is 11.3. The van der Waals surface area contributed by atoms with Crippen molar-refractivity contribution < 1.29 is 4.74 Å². The Morgan fingerprint density at radius 3 is 2.37 bits per heavy atom. The second-order valence-corrected chi connectivity index (χ2v) is 10.0. The van der Waals surface area contributed by atoms with Gasteiger partial charge in [0.25, 0.3) is 0 Å². The van der Waals surface area contributed by atoms with Gasteiger partial charge in [0.05, 0.1) is 7.11 Å². The largest absolute Gasteiger partial charge is 0.496 e. The molecule has 2 saturated heterocycles. The number of hydrogen-bond donors (Lipinski definition) is 0. The first-order valence-corrected chi connectivity index (χ1v) is 12.8. The number of methoxy groups -OCH3 is 1. The van der Waals surface area contributed by atoms with Crippen molar-refractivity contribution in [1.82, 2.24) is 9.80 Å². The molecule has 2 fully saturated rings. The molecule has 0 amide bonds. The van der Waals surface area contributed by atoms with E-state index in [1.54, 1.807) is 7.11 Å². The maximum atomic E-state index is 5.57. The van der Waals surface area contributed by atoms with Crippen LogP contribution in [-0.4, -0.2) is 56.2 Å². The van der Waals surface area contributed by atoms with E-state index in [0.29, 0.717) is 11.8 Å². The minimum atomic E-state index is 0.652. The van der Waals surface area contributed by atoms with Gasteiger partial charge in [0.2, 0.25) is 0 Å². The van der Waals surface area contributed by atoms with Gasteiger partial charge in [0, 0.05) is 11.4 Å². The number of likely N-dealkylation sites (tertiary alicyclic amines) is 2. The fourth-order valence-corrected chi connectivity index (χ4v) is 6.29. The molecule has 3 heterocycles. The van der Waals surface area contributed by atoms with Gasteiger partial charge in [0.15, 0.2) is 0 Å². The topological polar surface area (TPSA) is 15.7 Å². The molecule has 0 aliphatic carbocycles. The predicted octanol–water partition coefficient (Wildman–Crippen LogP) is 5.99. The number of benzene rings is 1. The van der Waals surface area contributed by atoms with E-state index >= 15 is 0 Å². The van der Waals surface area contributed by atoms with Crippen LogP contribution in [0.2, 0.25) is 0 Å². The van der Waals surface area contributed by atoms with Gasteiger partial charge in [-0.15, -0.1) is 11.3 Å². The molecule has 0 saturated carbocycles. The lowest BCUT2D eigenvalue weighted by atomic mass is 9.92. The van der Waals surface area contributed by atoms with Gasteiger partial charge in [-0.25, -0.2) is 0 Å². The molecule has 2 aliphatic heterocycles. The maximum Gasteiger partial charge on any atom is 0.133 e. The quantitative estimate of drug-likeness (QED) is 0.516. The molecule has 2 aromatic rings. The average molecular weight is 427 g/mol. The maximum absolute atomic E-state index is 5.57. The molecule has 1 aromatic heterocycles. The Labute approximate surface area is 187 Å². The van der Waals surface area contributed by atoms with Crippen molar-refractivity contribution in [2.45, 2.75) is 56.8 Å². The van der Waals surface area contributed by atoms with Crippen molar-refractivity contribution in [3.63, 3.8) is 0 Å². The zero-order chi connectivity index (χ0) is 20.6. The fraction of sp³-hybridized carbons (Fsp3) is 0.615. The highest BCUT2D eigenvalue weighted by atomic mass is 32.1. The van der Waals surface area contributed by atoms with E-state index in [4.69, 9.17) is 4.74 Å². The van der Waals surface area contributed by atoms with Crippen LogP contribution in [0.4, 0.5) is 0 Å². The average Bonchev–Trinajstić information content (AvgIpc) is 3.13. The zero-order valence-electron chi connectivity index (χ0n) is 18.6. The van der Waals surface area contributed by atoms with Crippen LogP contribution >= 0.6 is 11.3 Å². The number of rotatable bonds is 8. The Morgan fingerprint density at radius 1 is 0.933 bits per heavy atom. The van der Waals surface area contributed by atoms with Gasteiger partial charge in [-0.05, 0) is 93.7 Å². The van der Waals surface area contributed by atoms with Crippen molar-refractivity contribution >= 4 is 11.3 Å². The third-order valence-electron chi connectivity index (χ3n) is 7.08. The molecule has 3 nitrogen and oxygen atoms in total. The monoisotopic (exact) mass is 426 g/mol. The normalized spacial score (nSPS) is 20.7. The fourth-order valence-electron chi connectivity index (χ4n) is 5.25. The first kappa shape index (κ1) is 21.9. The summed E-state index contributed by atoms with van der Waals surface area (Å²) in [6.07, 6.45) is 9.38. The van der Waals surface area contributed by atoms with Gasteiger partial charge in [0.1, 0.15) is 5.75 Å². The van der Waals surface area contributed by atoms with Crippen molar-refractivity contribution in [3.8, 4) is 5.75 Å². The molecule has 4 heteroatoms. The predicted molar refractivity (Wildman–Crippen MR) is 128 cm³/mol. The molecular weight excluding hydrogens is 388 g/mol. The lowest BCUT2D eigenvalue weighted by Gasteiger charge is -2.33. The van der Waals surface area contributed by atoms with Crippen LogP contribution in [0.3, 0.4) is 0 Å². The Balaban J connectivity index is 1.31. The number of hydrogen-bond acceptors (Lipinski definition) is 4. The summed E-state index contributed by atoms with van der Waals surface area (Å²) in [6.45, 7) is 7.47. The molecule has 1 aromatic carbocycles. The number of piperidine rings is 1. The molecule has 0 bridgehead atoms. The highest BCUT2D eigenvalue weighted by Gasteiger charge is 2.25.